The van der Waals surface area contributed by atoms with E-state index < -0.39 is 5.97 Å². The van der Waals surface area contributed by atoms with Gasteiger partial charge >= 0.3 is 5.97 Å². The number of amides is 1. The van der Waals surface area contributed by atoms with Crippen LogP contribution in [0.15, 0.2) is 59.5 Å². The van der Waals surface area contributed by atoms with Crippen molar-refractivity contribution in [3.05, 3.63) is 65.7 Å². The fourth-order valence-electron chi connectivity index (χ4n) is 4.71. The van der Waals surface area contributed by atoms with Crippen LogP contribution in [0.3, 0.4) is 0 Å². The number of carbonyl (C=O) groups excluding carboxylic acids is 3. The molecule has 33 heavy (non-hydrogen) atoms. The molecular formula is C27H25NO4S. The number of benzene rings is 3. The molecule has 2 aliphatic rings. The molecule has 1 fully saturated rings. The number of carbonyl (C=O) groups is 3. The van der Waals surface area contributed by atoms with E-state index in [1.54, 1.807) is 4.90 Å². The largest absolute Gasteiger partial charge is 0.455 e. The maximum atomic E-state index is 13.1. The Bertz CT molecular complexity index is 1240. The molecule has 0 radical (unpaired) electrons. The second kappa shape index (κ2) is 9.40. The normalized spacial score (nSPS) is 15.2. The number of likely N-dealkylation sites (tertiary alicyclic amines) is 1. The van der Waals surface area contributed by atoms with Crippen molar-refractivity contribution in [2.45, 2.75) is 30.6 Å². The smallest absolute Gasteiger partial charge is 0.316 e. The number of ketones is 1. The summed E-state index contributed by atoms with van der Waals surface area (Å²) in [6, 6.07) is 17.4. The van der Waals surface area contributed by atoms with E-state index in [9.17, 15) is 14.4 Å². The predicted molar refractivity (Wildman–Crippen MR) is 130 cm³/mol. The number of hydrogen-bond donors (Lipinski definition) is 0. The molecule has 1 heterocycles. The molecule has 0 unspecified atom stereocenters. The molecule has 1 aliphatic carbocycles. The molecule has 3 aromatic rings. The minimum Gasteiger partial charge on any atom is -0.455 e. The summed E-state index contributed by atoms with van der Waals surface area (Å²) in [5.41, 5.74) is 3.38. The molecule has 0 bridgehead atoms. The van der Waals surface area contributed by atoms with Crippen LogP contribution < -0.4 is 0 Å². The molecule has 0 saturated carbocycles. The highest BCUT2D eigenvalue weighted by molar-refractivity contribution is 8.00. The molecule has 1 amide bonds. The quantitative estimate of drug-likeness (QED) is 0.307. The first kappa shape index (κ1) is 21.7. The van der Waals surface area contributed by atoms with Crippen LogP contribution in [0.1, 0.15) is 41.6 Å². The first-order valence-electron chi connectivity index (χ1n) is 11.4. The third kappa shape index (κ3) is 4.27. The lowest BCUT2D eigenvalue weighted by molar-refractivity contribution is -0.149. The third-order valence-electron chi connectivity index (χ3n) is 6.37. The van der Waals surface area contributed by atoms with E-state index in [-0.39, 0.29) is 24.1 Å². The summed E-state index contributed by atoms with van der Waals surface area (Å²) in [4.78, 5) is 40.5. The van der Waals surface area contributed by atoms with Gasteiger partial charge in [0.25, 0.3) is 5.91 Å². The number of rotatable bonds is 5. The van der Waals surface area contributed by atoms with Gasteiger partial charge in [0.05, 0.1) is 5.75 Å². The van der Waals surface area contributed by atoms with Gasteiger partial charge in [-0.2, -0.15) is 0 Å². The number of nitrogens with zero attached hydrogens (tertiary/aromatic N) is 1. The van der Waals surface area contributed by atoms with Gasteiger partial charge in [-0.1, -0.05) is 61.4 Å². The van der Waals surface area contributed by atoms with Gasteiger partial charge in [-0.25, -0.2) is 0 Å². The Kier molecular flexibility index (Phi) is 6.18. The van der Waals surface area contributed by atoms with Crippen LogP contribution in [0.5, 0.6) is 0 Å². The van der Waals surface area contributed by atoms with Crippen molar-refractivity contribution in [1.82, 2.24) is 4.90 Å². The monoisotopic (exact) mass is 459 g/mol. The predicted octanol–water partition coefficient (Wildman–Crippen LogP) is 5.09. The van der Waals surface area contributed by atoms with Crippen molar-refractivity contribution in [3.63, 3.8) is 0 Å². The van der Waals surface area contributed by atoms with Crippen LogP contribution in [0.25, 0.3) is 21.9 Å². The number of ether oxygens (including phenoxy) is 1. The molecule has 5 rings (SSSR count). The summed E-state index contributed by atoms with van der Waals surface area (Å²) in [5, 5.41) is 1.88. The molecule has 5 nitrogen and oxygen atoms in total. The lowest BCUT2D eigenvalue weighted by Gasteiger charge is -2.21. The molecule has 3 aromatic carbocycles. The zero-order valence-corrected chi connectivity index (χ0v) is 19.2. The lowest BCUT2D eigenvalue weighted by atomic mass is 9.83. The highest BCUT2D eigenvalue weighted by atomic mass is 32.2. The fraction of sp³-hybridized carbons (Fsp3) is 0.296. The molecule has 6 heteroatoms. The van der Waals surface area contributed by atoms with Crippen molar-refractivity contribution in [3.8, 4) is 11.1 Å². The zero-order chi connectivity index (χ0) is 22.8. The van der Waals surface area contributed by atoms with E-state index >= 15 is 0 Å². The Morgan fingerprint density at radius 3 is 2.33 bits per heavy atom. The molecule has 1 saturated heterocycles. The summed E-state index contributed by atoms with van der Waals surface area (Å²) < 4.78 is 5.27. The van der Waals surface area contributed by atoms with E-state index in [0.717, 1.165) is 71.1 Å². The molecular weight excluding hydrogens is 434 g/mol. The Hall–Kier alpha value is -3.12. The van der Waals surface area contributed by atoms with Crippen LogP contribution in [0.2, 0.25) is 0 Å². The second-order valence-corrected chi connectivity index (χ2v) is 9.48. The summed E-state index contributed by atoms with van der Waals surface area (Å²) in [6.07, 6.45) is 4.30. The van der Waals surface area contributed by atoms with E-state index in [2.05, 4.69) is 0 Å². The lowest BCUT2D eigenvalue weighted by Crippen LogP contribution is -2.35. The highest BCUT2D eigenvalue weighted by Gasteiger charge is 2.25. The maximum Gasteiger partial charge on any atom is 0.316 e. The number of thioether (sulfide) groups is 1. The van der Waals surface area contributed by atoms with Crippen molar-refractivity contribution in [2.24, 2.45) is 0 Å². The van der Waals surface area contributed by atoms with E-state index in [1.807, 2.05) is 54.6 Å². The molecule has 0 atom stereocenters. The molecule has 168 valence electrons. The van der Waals surface area contributed by atoms with Crippen LogP contribution in [-0.2, 0) is 14.3 Å². The highest BCUT2D eigenvalue weighted by Crippen LogP contribution is 2.42. The Morgan fingerprint density at radius 2 is 1.55 bits per heavy atom. The molecule has 1 aliphatic heterocycles. The fourth-order valence-corrected chi connectivity index (χ4v) is 5.56. The number of esters is 1. The van der Waals surface area contributed by atoms with Gasteiger partial charge in [0.1, 0.15) is 0 Å². The van der Waals surface area contributed by atoms with Gasteiger partial charge in [-0.05, 0) is 35.4 Å². The zero-order valence-electron chi connectivity index (χ0n) is 18.3. The summed E-state index contributed by atoms with van der Waals surface area (Å²) >= 11 is 1.37. The van der Waals surface area contributed by atoms with E-state index in [1.165, 1.54) is 11.8 Å². The maximum absolute atomic E-state index is 13.1. The average molecular weight is 460 g/mol. The minimum atomic E-state index is -0.412. The first-order valence-corrected chi connectivity index (χ1v) is 12.4. The number of fused-ring (bicyclic) bond motifs is 2. The van der Waals surface area contributed by atoms with E-state index in [4.69, 9.17) is 4.74 Å². The van der Waals surface area contributed by atoms with Crippen LogP contribution >= 0.6 is 11.8 Å². The van der Waals surface area contributed by atoms with Crippen LogP contribution in [-0.4, -0.2) is 48.0 Å². The number of hydrogen-bond acceptors (Lipinski definition) is 5. The van der Waals surface area contributed by atoms with Crippen LogP contribution in [0, 0.1) is 0 Å². The van der Waals surface area contributed by atoms with Crippen molar-refractivity contribution < 1.29 is 19.1 Å². The van der Waals surface area contributed by atoms with Crippen molar-refractivity contribution in [2.75, 3.05) is 25.4 Å². The van der Waals surface area contributed by atoms with Gasteiger partial charge in [-0.3, -0.25) is 14.4 Å². The summed E-state index contributed by atoms with van der Waals surface area (Å²) in [7, 11) is 0. The molecule has 0 aromatic heterocycles. The van der Waals surface area contributed by atoms with Gasteiger partial charge in [0, 0.05) is 34.5 Å². The summed E-state index contributed by atoms with van der Waals surface area (Å²) in [5.74, 6) is -0.396. The van der Waals surface area contributed by atoms with Crippen molar-refractivity contribution >= 4 is 40.2 Å². The Balaban J connectivity index is 1.30. The van der Waals surface area contributed by atoms with Gasteiger partial charge in [-0.15, -0.1) is 11.8 Å². The third-order valence-corrected chi connectivity index (χ3v) is 7.42. The van der Waals surface area contributed by atoms with Gasteiger partial charge in [0.15, 0.2) is 12.4 Å². The molecule has 0 N–H and O–H groups in total. The second-order valence-electron chi connectivity index (χ2n) is 8.46. The van der Waals surface area contributed by atoms with Gasteiger partial charge < -0.3 is 9.64 Å². The van der Waals surface area contributed by atoms with Gasteiger partial charge in [0.2, 0.25) is 0 Å². The van der Waals surface area contributed by atoms with Crippen molar-refractivity contribution in [1.29, 1.82) is 0 Å². The standard InChI is InChI=1S/C27H25NO4S/c29-24(28-14-5-1-2-6-15-28)16-32-25(30)17-33-23-13-12-19-18-8-3-4-9-20(18)27(31)22-11-7-10-21(23)26(19)22/h3-4,7-13H,1-2,5-6,14-17H2. The average Bonchev–Trinajstić information content (AvgIpc) is 3.14. The molecule has 0 spiro atoms. The SMILES string of the molecule is O=C(CSc1ccc2c3c(cccc13)C(=O)c1ccccc1-2)OCC(=O)N1CCCCCC1. The van der Waals surface area contributed by atoms with E-state index in [0.29, 0.717) is 5.56 Å². The Labute approximate surface area is 197 Å². The van der Waals surface area contributed by atoms with Crippen LogP contribution in [0.4, 0.5) is 0 Å². The Morgan fingerprint density at radius 1 is 0.818 bits per heavy atom. The first-order chi connectivity index (χ1) is 16.1. The topological polar surface area (TPSA) is 63.7 Å². The summed E-state index contributed by atoms with van der Waals surface area (Å²) in [6.45, 7) is 1.29. The minimum absolute atomic E-state index is 0.0253.